The molecule has 0 saturated carbocycles. The molecule has 46 heavy (non-hydrogen) atoms. The van der Waals surface area contributed by atoms with Crippen LogP contribution in [0, 0.1) is 5.92 Å². The average molecular weight is 634 g/mol. The molecule has 0 aliphatic carbocycles. The monoisotopic (exact) mass is 633 g/mol. The quantitative estimate of drug-likeness (QED) is 0.167. The third kappa shape index (κ3) is 10.7. The number of carbonyl (C=O) groups is 3. The third-order valence-corrected chi connectivity index (χ3v) is 7.35. The van der Waals surface area contributed by atoms with Crippen molar-refractivity contribution < 1.29 is 34.1 Å². The molecule has 0 spiro atoms. The van der Waals surface area contributed by atoms with E-state index in [-0.39, 0.29) is 17.9 Å². The lowest BCUT2D eigenvalue weighted by Gasteiger charge is -2.39. The summed E-state index contributed by atoms with van der Waals surface area (Å²) in [5.41, 5.74) is 0.859. The standard InChI is InChI=1S/C36H47N3O7/c1-23(2)8-9-24(3)39(34(43)31(38-35(44)46-36(4,5)6)22-25-10-16-28(40)17-11-25)32(26-12-18-29(41)19-13-26)33(42)37-27-14-20-30(45-7)21-15-27/h10-21,23-24,31-32,40-41H,8-9,22H2,1-7H3,(H,37,42)(H,38,44). The highest BCUT2D eigenvalue weighted by molar-refractivity contribution is 5.99. The van der Waals surface area contributed by atoms with Gasteiger partial charge in [0.15, 0.2) is 0 Å². The number of hydrogen-bond donors (Lipinski definition) is 4. The minimum Gasteiger partial charge on any atom is -0.508 e. The third-order valence-electron chi connectivity index (χ3n) is 7.35. The molecule has 0 radical (unpaired) electrons. The number of aromatic hydroxyl groups is 2. The van der Waals surface area contributed by atoms with E-state index in [9.17, 15) is 24.6 Å². The van der Waals surface area contributed by atoms with Gasteiger partial charge in [0.2, 0.25) is 5.91 Å². The second-order valence-corrected chi connectivity index (χ2v) is 12.8. The van der Waals surface area contributed by atoms with Crippen LogP contribution in [-0.4, -0.2) is 57.8 Å². The molecule has 0 aliphatic heterocycles. The van der Waals surface area contributed by atoms with Crippen LogP contribution in [0.2, 0.25) is 0 Å². The molecule has 0 heterocycles. The zero-order chi connectivity index (χ0) is 34.0. The SMILES string of the molecule is COc1ccc(NC(=O)C(c2ccc(O)cc2)N(C(=O)C(Cc2ccc(O)cc2)NC(=O)OC(C)(C)C)C(C)CCC(C)C)cc1. The molecule has 3 aromatic rings. The summed E-state index contributed by atoms with van der Waals surface area (Å²) in [5.74, 6) is 0.0862. The van der Waals surface area contributed by atoms with E-state index in [2.05, 4.69) is 24.5 Å². The van der Waals surface area contributed by atoms with E-state index < -0.39 is 41.6 Å². The summed E-state index contributed by atoms with van der Waals surface area (Å²) in [4.78, 5) is 43.6. The number of hydrogen-bond acceptors (Lipinski definition) is 7. The molecule has 0 bridgehead atoms. The highest BCUT2D eigenvalue weighted by Gasteiger charge is 2.39. The van der Waals surface area contributed by atoms with Gasteiger partial charge in [-0.3, -0.25) is 9.59 Å². The number of rotatable bonds is 13. The van der Waals surface area contributed by atoms with Crippen molar-refractivity contribution in [3.05, 3.63) is 83.9 Å². The summed E-state index contributed by atoms with van der Waals surface area (Å²) < 4.78 is 10.8. The zero-order valence-electron chi connectivity index (χ0n) is 27.7. The zero-order valence-corrected chi connectivity index (χ0v) is 27.7. The normalized spacial score (nSPS) is 13.3. The van der Waals surface area contributed by atoms with E-state index in [1.165, 1.54) is 29.2 Å². The average Bonchev–Trinajstić information content (AvgIpc) is 2.99. The number of methoxy groups -OCH3 is 1. The van der Waals surface area contributed by atoms with Crippen molar-refractivity contribution in [1.29, 1.82) is 0 Å². The Hall–Kier alpha value is -4.73. The number of phenolic OH excluding ortho intramolecular Hbond substituents is 2. The first kappa shape index (κ1) is 35.7. The highest BCUT2D eigenvalue weighted by atomic mass is 16.6. The van der Waals surface area contributed by atoms with Gasteiger partial charge in [-0.15, -0.1) is 0 Å². The second-order valence-electron chi connectivity index (χ2n) is 12.8. The molecule has 0 aromatic heterocycles. The van der Waals surface area contributed by atoms with Crippen molar-refractivity contribution in [2.24, 2.45) is 5.92 Å². The van der Waals surface area contributed by atoms with Crippen LogP contribution in [0.4, 0.5) is 10.5 Å². The fourth-order valence-electron chi connectivity index (χ4n) is 4.99. The fourth-order valence-corrected chi connectivity index (χ4v) is 4.99. The lowest BCUT2D eigenvalue weighted by Crippen LogP contribution is -2.55. The molecular formula is C36H47N3O7. The van der Waals surface area contributed by atoms with E-state index in [4.69, 9.17) is 9.47 Å². The number of nitrogens with zero attached hydrogens (tertiary/aromatic N) is 1. The molecule has 3 amide bonds. The van der Waals surface area contributed by atoms with Gasteiger partial charge in [0.1, 0.15) is 34.9 Å². The first-order valence-corrected chi connectivity index (χ1v) is 15.5. The Morgan fingerprint density at radius 1 is 0.826 bits per heavy atom. The Kier molecular flexibility index (Phi) is 12.4. The Labute approximate surface area is 271 Å². The molecule has 0 aliphatic rings. The van der Waals surface area contributed by atoms with Crippen LogP contribution in [-0.2, 0) is 20.7 Å². The van der Waals surface area contributed by atoms with Gasteiger partial charge in [-0.2, -0.15) is 0 Å². The highest BCUT2D eigenvalue weighted by Crippen LogP contribution is 2.30. The molecule has 0 fully saturated rings. The summed E-state index contributed by atoms with van der Waals surface area (Å²) in [6.45, 7) is 11.3. The van der Waals surface area contributed by atoms with Crippen molar-refractivity contribution >= 4 is 23.6 Å². The van der Waals surface area contributed by atoms with Crippen LogP contribution in [0.15, 0.2) is 72.8 Å². The van der Waals surface area contributed by atoms with Gasteiger partial charge in [-0.05, 0) is 106 Å². The van der Waals surface area contributed by atoms with Crippen LogP contribution in [0.3, 0.4) is 0 Å². The first-order valence-electron chi connectivity index (χ1n) is 15.5. The number of benzene rings is 3. The van der Waals surface area contributed by atoms with Crippen LogP contribution in [0.5, 0.6) is 17.2 Å². The Morgan fingerprint density at radius 2 is 1.39 bits per heavy atom. The molecule has 10 nitrogen and oxygen atoms in total. The Bertz CT molecular complexity index is 1430. The van der Waals surface area contributed by atoms with Gasteiger partial charge in [0.05, 0.1) is 7.11 Å². The maximum atomic E-state index is 14.8. The minimum atomic E-state index is -1.12. The lowest BCUT2D eigenvalue weighted by atomic mass is 9.95. The number of ether oxygens (including phenoxy) is 2. The van der Waals surface area contributed by atoms with Gasteiger partial charge >= 0.3 is 6.09 Å². The molecule has 3 rings (SSSR count). The number of alkyl carbamates (subject to hydrolysis) is 1. The molecule has 0 saturated heterocycles. The van der Waals surface area contributed by atoms with E-state index in [0.29, 0.717) is 34.9 Å². The predicted molar refractivity (Wildman–Crippen MR) is 178 cm³/mol. The van der Waals surface area contributed by atoms with Gasteiger partial charge < -0.3 is 35.2 Å². The first-order chi connectivity index (χ1) is 21.7. The lowest BCUT2D eigenvalue weighted by molar-refractivity contribution is -0.143. The minimum absolute atomic E-state index is 0.0144. The van der Waals surface area contributed by atoms with E-state index in [0.717, 1.165) is 6.42 Å². The summed E-state index contributed by atoms with van der Waals surface area (Å²) >= 11 is 0. The molecule has 3 aromatic carbocycles. The molecule has 248 valence electrons. The van der Waals surface area contributed by atoms with Gasteiger partial charge in [-0.25, -0.2) is 4.79 Å². The molecule has 3 unspecified atom stereocenters. The Morgan fingerprint density at radius 3 is 1.91 bits per heavy atom. The number of nitrogens with one attached hydrogen (secondary N) is 2. The smallest absolute Gasteiger partial charge is 0.408 e. The van der Waals surface area contributed by atoms with E-state index in [1.54, 1.807) is 76.4 Å². The van der Waals surface area contributed by atoms with Crippen molar-refractivity contribution in [2.45, 2.75) is 84.5 Å². The van der Waals surface area contributed by atoms with Crippen LogP contribution in [0.1, 0.15) is 71.6 Å². The topological polar surface area (TPSA) is 137 Å². The number of anilines is 1. The van der Waals surface area contributed by atoms with Crippen molar-refractivity contribution in [3.63, 3.8) is 0 Å². The molecule has 10 heteroatoms. The van der Waals surface area contributed by atoms with Crippen LogP contribution in [0.25, 0.3) is 0 Å². The molecule has 4 N–H and O–H groups in total. The molecule has 3 atom stereocenters. The number of phenols is 2. The largest absolute Gasteiger partial charge is 0.508 e. The summed E-state index contributed by atoms with van der Waals surface area (Å²) in [6.07, 6.45) is 0.679. The molecular weight excluding hydrogens is 586 g/mol. The summed E-state index contributed by atoms with van der Waals surface area (Å²) in [7, 11) is 1.55. The van der Waals surface area contributed by atoms with Gasteiger partial charge in [0.25, 0.3) is 5.91 Å². The summed E-state index contributed by atoms with van der Waals surface area (Å²) in [6, 6.07) is 16.7. The predicted octanol–water partition coefficient (Wildman–Crippen LogP) is 6.58. The van der Waals surface area contributed by atoms with Gasteiger partial charge in [0, 0.05) is 18.2 Å². The fraction of sp³-hybridized carbons (Fsp3) is 0.417. The van der Waals surface area contributed by atoms with Crippen molar-refractivity contribution in [2.75, 3.05) is 12.4 Å². The second kappa shape index (κ2) is 16.0. The van der Waals surface area contributed by atoms with Crippen LogP contribution < -0.4 is 15.4 Å². The van der Waals surface area contributed by atoms with Crippen molar-refractivity contribution in [1.82, 2.24) is 10.2 Å². The van der Waals surface area contributed by atoms with Crippen molar-refractivity contribution in [3.8, 4) is 17.2 Å². The van der Waals surface area contributed by atoms with E-state index >= 15 is 0 Å². The van der Waals surface area contributed by atoms with Gasteiger partial charge in [-0.1, -0.05) is 38.1 Å². The Balaban J connectivity index is 2.12. The number of carbonyl (C=O) groups excluding carboxylic acids is 3. The maximum Gasteiger partial charge on any atom is 0.408 e. The maximum absolute atomic E-state index is 14.8. The summed E-state index contributed by atoms with van der Waals surface area (Å²) in [5, 5.41) is 25.6. The van der Waals surface area contributed by atoms with Crippen LogP contribution >= 0.6 is 0 Å². The van der Waals surface area contributed by atoms with E-state index in [1.807, 2.05) is 6.92 Å². The number of amides is 3.